The summed E-state index contributed by atoms with van der Waals surface area (Å²) in [5, 5.41) is 0. The van der Waals surface area contributed by atoms with Gasteiger partial charge in [0.15, 0.2) is 5.78 Å². The minimum absolute atomic E-state index is 0.0649. The van der Waals surface area contributed by atoms with Gasteiger partial charge in [-0.25, -0.2) is 0 Å². The molecular weight excluding hydrogens is 448 g/mol. The molecule has 0 atom stereocenters. The van der Waals surface area contributed by atoms with Crippen molar-refractivity contribution in [2.24, 2.45) is 0 Å². The van der Waals surface area contributed by atoms with E-state index in [1.807, 2.05) is 66.7 Å². The summed E-state index contributed by atoms with van der Waals surface area (Å²) in [5.74, 6) is 0.0649. The first-order chi connectivity index (χ1) is 18.2. The van der Waals surface area contributed by atoms with Gasteiger partial charge in [0.05, 0.1) is 0 Å². The lowest BCUT2D eigenvalue weighted by molar-refractivity contribution is -0.108. The van der Waals surface area contributed by atoms with Crippen LogP contribution in [0.25, 0.3) is 33.4 Å². The van der Waals surface area contributed by atoms with Gasteiger partial charge in [0.2, 0.25) is 0 Å². The van der Waals surface area contributed by atoms with Crippen molar-refractivity contribution in [1.82, 2.24) is 0 Å². The number of aryl methyl sites for hydroxylation is 1. The molecule has 37 heavy (non-hydrogen) atoms. The lowest BCUT2D eigenvalue weighted by atomic mass is 9.88. The van der Waals surface area contributed by atoms with E-state index in [4.69, 9.17) is 0 Å². The molecule has 1 heteroatoms. The highest BCUT2D eigenvalue weighted by atomic mass is 16.1. The van der Waals surface area contributed by atoms with E-state index >= 15 is 0 Å². The zero-order chi connectivity index (χ0) is 25.2. The molecule has 0 saturated heterocycles. The van der Waals surface area contributed by atoms with Crippen molar-refractivity contribution in [1.29, 1.82) is 0 Å². The van der Waals surface area contributed by atoms with Crippen LogP contribution in [0.1, 0.15) is 27.8 Å². The molecule has 5 aromatic rings. The quantitative estimate of drug-likeness (QED) is 0.249. The first-order valence-electron chi connectivity index (χ1n) is 12.6. The number of allylic oxidation sites excluding steroid dienone is 4. The zero-order valence-electron chi connectivity index (χ0n) is 20.7. The Balaban J connectivity index is 1.62. The molecule has 0 fully saturated rings. The number of hydrogen-bond acceptors (Lipinski definition) is 1. The Bertz CT molecular complexity index is 1620. The predicted octanol–water partition coefficient (Wildman–Crippen LogP) is 8.77. The molecule has 0 saturated carbocycles. The average Bonchev–Trinajstić information content (AvgIpc) is 3.27. The molecule has 0 unspecified atom stereocenters. The van der Waals surface area contributed by atoms with Crippen LogP contribution in [0.15, 0.2) is 140 Å². The fraction of sp³-hybridized carbons (Fsp3) is 0.0278. The van der Waals surface area contributed by atoms with E-state index in [1.165, 1.54) is 11.1 Å². The number of rotatable bonds is 5. The standard InChI is InChI=1S/C36H26O/c1-25-17-19-30(20-18-25)32-33(31-23-21-27(22-24-31)26-11-5-2-6-12-26)35(29-15-9-4-10-16-29)36(37)34(32)28-13-7-3-8-14-28/h2-24H,1H3. The van der Waals surface area contributed by atoms with E-state index in [1.54, 1.807) is 0 Å². The van der Waals surface area contributed by atoms with Gasteiger partial charge in [-0.3, -0.25) is 4.79 Å². The first kappa shape index (κ1) is 22.7. The first-order valence-corrected chi connectivity index (χ1v) is 12.6. The summed E-state index contributed by atoms with van der Waals surface area (Å²) in [7, 11) is 0. The van der Waals surface area contributed by atoms with Gasteiger partial charge >= 0.3 is 0 Å². The molecule has 1 nitrogen and oxygen atoms in total. The molecular formula is C36H26O. The molecule has 5 aromatic carbocycles. The molecule has 0 spiro atoms. The number of carbonyl (C=O) groups excluding carboxylic acids is 1. The normalized spacial score (nSPS) is 13.4. The van der Waals surface area contributed by atoms with Crippen LogP contribution in [-0.4, -0.2) is 5.78 Å². The second kappa shape index (κ2) is 9.72. The Hall–Kier alpha value is -4.75. The van der Waals surface area contributed by atoms with Crippen LogP contribution >= 0.6 is 0 Å². The lowest BCUT2D eigenvalue weighted by Gasteiger charge is -2.14. The summed E-state index contributed by atoms with van der Waals surface area (Å²) in [4.78, 5) is 14.3. The van der Waals surface area contributed by atoms with Crippen molar-refractivity contribution < 1.29 is 4.79 Å². The molecule has 1 aliphatic carbocycles. The Morgan fingerprint density at radius 3 is 1.05 bits per heavy atom. The zero-order valence-corrected chi connectivity index (χ0v) is 20.7. The molecule has 0 N–H and O–H groups in total. The van der Waals surface area contributed by atoms with Gasteiger partial charge in [0.1, 0.15) is 0 Å². The maximum absolute atomic E-state index is 14.3. The van der Waals surface area contributed by atoms with Crippen LogP contribution in [0.4, 0.5) is 0 Å². The summed E-state index contributed by atoms with van der Waals surface area (Å²) in [6.07, 6.45) is 0. The second-order valence-corrected chi connectivity index (χ2v) is 9.37. The van der Waals surface area contributed by atoms with Crippen molar-refractivity contribution in [3.63, 3.8) is 0 Å². The van der Waals surface area contributed by atoms with Crippen LogP contribution in [0.3, 0.4) is 0 Å². The number of Topliss-reactive ketones (excluding diaryl/α,β-unsaturated/α-hetero) is 1. The molecule has 6 rings (SSSR count). The number of ketones is 1. The summed E-state index contributed by atoms with van der Waals surface area (Å²) < 4.78 is 0. The number of hydrogen-bond donors (Lipinski definition) is 0. The highest BCUT2D eigenvalue weighted by Gasteiger charge is 2.35. The molecule has 0 aromatic heterocycles. The molecule has 0 amide bonds. The molecule has 0 radical (unpaired) electrons. The van der Waals surface area contributed by atoms with Gasteiger partial charge in [0, 0.05) is 22.3 Å². The molecule has 0 bridgehead atoms. The maximum Gasteiger partial charge on any atom is 0.195 e. The minimum atomic E-state index is 0.0649. The van der Waals surface area contributed by atoms with E-state index < -0.39 is 0 Å². The second-order valence-electron chi connectivity index (χ2n) is 9.37. The van der Waals surface area contributed by atoms with Crippen LogP contribution in [0.2, 0.25) is 0 Å². The lowest BCUT2D eigenvalue weighted by Crippen LogP contribution is -2.01. The highest BCUT2D eigenvalue weighted by Crippen LogP contribution is 2.49. The Morgan fingerprint density at radius 2 is 0.622 bits per heavy atom. The van der Waals surface area contributed by atoms with E-state index in [9.17, 15) is 4.79 Å². The van der Waals surface area contributed by atoms with Gasteiger partial charge in [0.25, 0.3) is 0 Å². The van der Waals surface area contributed by atoms with Crippen LogP contribution in [0.5, 0.6) is 0 Å². The SMILES string of the molecule is Cc1ccc(C2=C(c3ccccc3)C(=O)C(c3ccccc3)=C2c2ccc(-c3ccccc3)cc2)cc1. The van der Waals surface area contributed by atoms with Crippen molar-refractivity contribution in [2.45, 2.75) is 6.92 Å². The smallest absolute Gasteiger partial charge is 0.195 e. The largest absolute Gasteiger partial charge is 0.289 e. The summed E-state index contributed by atoms with van der Waals surface area (Å²) in [5.41, 5.74) is 11.0. The minimum Gasteiger partial charge on any atom is -0.289 e. The summed E-state index contributed by atoms with van der Waals surface area (Å²) >= 11 is 0. The van der Waals surface area contributed by atoms with Crippen molar-refractivity contribution in [3.05, 3.63) is 167 Å². The van der Waals surface area contributed by atoms with Crippen molar-refractivity contribution >= 4 is 28.1 Å². The van der Waals surface area contributed by atoms with Gasteiger partial charge in [-0.15, -0.1) is 0 Å². The molecule has 0 heterocycles. The third-order valence-electron chi connectivity index (χ3n) is 6.95. The van der Waals surface area contributed by atoms with E-state index in [0.29, 0.717) is 0 Å². The summed E-state index contributed by atoms with van der Waals surface area (Å²) in [6.45, 7) is 2.09. The fourth-order valence-electron chi connectivity index (χ4n) is 5.12. The molecule has 1 aliphatic rings. The van der Waals surface area contributed by atoms with E-state index in [2.05, 4.69) is 79.7 Å². The Labute approximate surface area is 218 Å². The van der Waals surface area contributed by atoms with Gasteiger partial charge in [-0.2, -0.15) is 0 Å². The van der Waals surface area contributed by atoms with Crippen LogP contribution in [-0.2, 0) is 4.79 Å². The molecule has 176 valence electrons. The Kier molecular flexibility index (Phi) is 5.96. The fourth-order valence-corrected chi connectivity index (χ4v) is 5.12. The van der Waals surface area contributed by atoms with Crippen LogP contribution < -0.4 is 0 Å². The number of benzene rings is 5. The monoisotopic (exact) mass is 474 g/mol. The topological polar surface area (TPSA) is 17.1 Å². The Morgan fingerprint density at radius 1 is 0.324 bits per heavy atom. The van der Waals surface area contributed by atoms with E-state index in [-0.39, 0.29) is 5.78 Å². The highest BCUT2D eigenvalue weighted by molar-refractivity contribution is 6.59. The van der Waals surface area contributed by atoms with E-state index in [0.717, 1.165) is 50.1 Å². The third-order valence-corrected chi connectivity index (χ3v) is 6.95. The van der Waals surface area contributed by atoms with Gasteiger partial charge < -0.3 is 0 Å². The predicted molar refractivity (Wildman–Crippen MR) is 155 cm³/mol. The summed E-state index contributed by atoms with van der Waals surface area (Å²) in [6, 6.07) is 47.6. The van der Waals surface area contributed by atoms with Gasteiger partial charge in [-0.1, -0.05) is 145 Å². The molecule has 0 aliphatic heterocycles. The maximum atomic E-state index is 14.3. The van der Waals surface area contributed by atoms with Gasteiger partial charge in [-0.05, 0) is 40.3 Å². The third kappa shape index (κ3) is 4.26. The average molecular weight is 475 g/mol. The van der Waals surface area contributed by atoms with Crippen molar-refractivity contribution in [2.75, 3.05) is 0 Å². The van der Waals surface area contributed by atoms with Crippen molar-refractivity contribution in [3.8, 4) is 11.1 Å². The van der Waals surface area contributed by atoms with Crippen LogP contribution in [0, 0.1) is 6.92 Å². The number of carbonyl (C=O) groups is 1.